The predicted molar refractivity (Wildman–Crippen MR) is 61.0 cm³/mol. The topological polar surface area (TPSA) is 37.3 Å². The molecule has 0 heterocycles. The van der Waals surface area contributed by atoms with Crippen molar-refractivity contribution >= 4 is 5.97 Å². The van der Waals surface area contributed by atoms with Crippen LogP contribution in [0.15, 0.2) is 24.3 Å². The zero-order valence-electron chi connectivity index (χ0n) is 9.53. The molecule has 82 valence electrons. The fourth-order valence-electron chi connectivity index (χ4n) is 1.65. The van der Waals surface area contributed by atoms with Crippen molar-refractivity contribution < 1.29 is 9.90 Å². The van der Waals surface area contributed by atoms with Gasteiger partial charge in [-0.05, 0) is 24.8 Å². The van der Waals surface area contributed by atoms with Gasteiger partial charge in [0.15, 0.2) is 0 Å². The van der Waals surface area contributed by atoms with Crippen molar-refractivity contribution in [1.29, 1.82) is 0 Å². The lowest BCUT2D eigenvalue weighted by molar-refractivity contribution is -0.139. The molecule has 1 unspecified atom stereocenters. The van der Waals surface area contributed by atoms with Crippen LogP contribution in [0.3, 0.4) is 0 Å². The van der Waals surface area contributed by atoms with Crippen molar-refractivity contribution in [3.05, 3.63) is 35.4 Å². The normalized spacial score (nSPS) is 12.8. The number of benzene rings is 1. The van der Waals surface area contributed by atoms with E-state index in [0.29, 0.717) is 12.3 Å². The van der Waals surface area contributed by atoms with Crippen molar-refractivity contribution in [3.8, 4) is 0 Å². The first-order valence-electron chi connectivity index (χ1n) is 5.30. The summed E-state index contributed by atoms with van der Waals surface area (Å²) in [7, 11) is 0. The highest BCUT2D eigenvalue weighted by molar-refractivity contribution is 5.76. The van der Waals surface area contributed by atoms with Crippen molar-refractivity contribution in [1.82, 2.24) is 0 Å². The van der Waals surface area contributed by atoms with Crippen molar-refractivity contribution in [3.63, 3.8) is 0 Å². The average molecular weight is 206 g/mol. The molecule has 1 rings (SSSR count). The van der Waals surface area contributed by atoms with Gasteiger partial charge < -0.3 is 5.11 Å². The van der Waals surface area contributed by atoms with Gasteiger partial charge in [-0.1, -0.05) is 43.7 Å². The summed E-state index contributed by atoms with van der Waals surface area (Å²) in [6.45, 7) is 6.09. The number of rotatable bonds is 4. The summed E-state index contributed by atoms with van der Waals surface area (Å²) in [6.07, 6.45) is 0.693. The largest absolute Gasteiger partial charge is 0.481 e. The van der Waals surface area contributed by atoms with Gasteiger partial charge in [-0.2, -0.15) is 0 Å². The van der Waals surface area contributed by atoms with Gasteiger partial charge >= 0.3 is 5.97 Å². The molecule has 0 aliphatic heterocycles. The van der Waals surface area contributed by atoms with Crippen LogP contribution < -0.4 is 0 Å². The van der Waals surface area contributed by atoms with Crippen LogP contribution in [0.2, 0.25) is 0 Å². The minimum atomic E-state index is -0.729. The summed E-state index contributed by atoms with van der Waals surface area (Å²) >= 11 is 0. The smallest absolute Gasteiger partial charge is 0.310 e. The van der Waals surface area contributed by atoms with Gasteiger partial charge in [0.2, 0.25) is 0 Å². The second kappa shape index (κ2) is 4.96. The molecule has 0 bridgehead atoms. The first kappa shape index (κ1) is 11.8. The van der Waals surface area contributed by atoms with Gasteiger partial charge in [-0.25, -0.2) is 0 Å². The van der Waals surface area contributed by atoms with Crippen LogP contribution in [0.5, 0.6) is 0 Å². The Balaban J connectivity index is 2.89. The highest BCUT2D eigenvalue weighted by Gasteiger charge is 2.20. The average Bonchev–Trinajstić information content (AvgIpc) is 2.15. The molecule has 2 heteroatoms. The zero-order chi connectivity index (χ0) is 11.4. The molecule has 0 amide bonds. The summed E-state index contributed by atoms with van der Waals surface area (Å²) < 4.78 is 0. The lowest BCUT2D eigenvalue weighted by Gasteiger charge is -2.15. The molecule has 0 fully saturated rings. The maximum absolute atomic E-state index is 11.1. The lowest BCUT2D eigenvalue weighted by Crippen LogP contribution is -2.13. The van der Waals surface area contributed by atoms with E-state index in [9.17, 15) is 4.79 Å². The molecule has 1 N–H and O–H groups in total. The molecule has 0 saturated heterocycles. The number of hydrogen-bond donors (Lipinski definition) is 1. The van der Waals surface area contributed by atoms with E-state index in [4.69, 9.17) is 5.11 Å². The molecule has 0 saturated carbocycles. The van der Waals surface area contributed by atoms with E-state index < -0.39 is 5.97 Å². The number of carbonyl (C=O) groups is 1. The van der Waals surface area contributed by atoms with E-state index in [1.165, 1.54) is 0 Å². The third-order valence-electron chi connectivity index (χ3n) is 2.48. The Morgan fingerprint density at radius 2 is 1.80 bits per heavy atom. The quantitative estimate of drug-likeness (QED) is 0.821. The first-order valence-corrected chi connectivity index (χ1v) is 5.30. The minimum absolute atomic E-state index is 0.370. The van der Waals surface area contributed by atoms with Crippen LogP contribution in [-0.4, -0.2) is 11.1 Å². The predicted octanol–water partition coefficient (Wildman–Crippen LogP) is 3.21. The van der Waals surface area contributed by atoms with Crippen molar-refractivity contribution in [2.45, 2.75) is 33.1 Å². The van der Waals surface area contributed by atoms with E-state index in [1.54, 1.807) is 0 Å². The molecule has 2 nitrogen and oxygen atoms in total. The standard InChI is InChI=1S/C13H18O2/c1-9(2)8-12(13(14)15)11-6-4-10(3)5-7-11/h4-7,9,12H,8H2,1-3H3,(H,14,15). The Kier molecular flexibility index (Phi) is 3.89. The Bertz CT molecular complexity index is 325. The summed E-state index contributed by atoms with van der Waals surface area (Å²) in [5.74, 6) is -0.703. The van der Waals surface area contributed by atoms with Crippen LogP contribution in [-0.2, 0) is 4.79 Å². The van der Waals surface area contributed by atoms with Crippen LogP contribution in [0.1, 0.15) is 37.3 Å². The molecule has 0 radical (unpaired) electrons. The maximum atomic E-state index is 11.1. The van der Waals surface area contributed by atoms with E-state index >= 15 is 0 Å². The van der Waals surface area contributed by atoms with E-state index in [1.807, 2.05) is 45.0 Å². The van der Waals surface area contributed by atoms with Gasteiger partial charge in [0, 0.05) is 0 Å². The number of aryl methyl sites for hydroxylation is 1. The molecular weight excluding hydrogens is 188 g/mol. The van der Waals surface area contributed by atoms with E-state index in [2.05, 4.69) is 0 Å². The van der Waals surface area contributed by atoms with Crippen molar-refractivity contribution in [2.24, 2.45) is 5.92 Å². The minimum Gasteiger partial charge on any atom is -0.481 e. The van der Waals surface area contributed by atoms with Crippen LogP contribution in [0.4, 0.5) is 0 Å². The van der Waals surface area contributed by atoms with E-state index in [0.717, 1.165) is 11.1 Å². The van der Waals surface area contributed by atoms with Gasteiger partial charge in [-0.3, -0.25) is 4.79 Å². The third-order valence-corrected chi connectivity index (χ3v) is 2.48. The Hall–Kier alpha value is -1.31. The Morgan fingerprint density at radius 1 is 1.27 bits per heavy atom. The summed E-state index contributed by atoms with van der Waals surface area (Å²) in [5, 5.41) is 9.14. The fourth-order valence-corrected chi connectivity index (χ4v) is 1.65. The molecular formula is C13H18O2. The highest BCUT2D eigenvalue weighted by Crippen LogP contribution is 2.24. The molecule has 0 aromatic heterocycles. The van der Waals surface area contributed by atoms with Crippen LogP contribution in [0, 0.1) is 12.8 Å². The number of carboxylic acids is 1. The molecule has 15 heavy (non-hydrogen) atoms. The van der Waals surface area contributed by atoms with Gasteiger partial charge in [0.05, 0.1) is 5.92 Å². The SMILES string of the molecule is Cc1ccc(C(CC(C)C)C(=O)O)cc1. The monoisotopic (exact) mass is 206 g/mol. The zero-order valence-corrected chi connectivity index (χ0v) is 9.53. The second-order valence-corrected chi connectivity index (χ2v) is 4.43. The summed E-state index contributed by atoms with van der Waals surface area (Å²) in [6, 6.07) is 7.75. The van der Waals surface area contributed by atoms with Gasteiger partial charge in [0.1, 0.15) is 0 Å². The fraction of sp³-hybridized carbons (Fsp3) is 0.462. The van der Waals surface area contributed by atoms with Gasteiger partial charge in [0.25, 0.3) is 0 Å². The number of carboxylic acid groups (broad SMARTS) is 1. The molecule has 1 atom stereocenters. The molecule has 0 spiro atoms. The molecule has 1 aromatic rings. The third kappa shape index (κ3) is 3.39. The summed E-state index contributed by atoms with van der Waals surface area (Å²) in [4.78, 5) is 11.1. The second-order valence-electron chi connectivity index (χ2n) is 4.43. The molecule has 0 aliphatic carbocycles. The molecule has 1 aromatic carbocycles. The highest BCUT2D eigenvalue weighted by atomic mass is 16.4. The van der Waals surface area contributed by atoms with Gasteiger partial charge in [-0.15, -0.1) is 0 Å². The number of aliphatic carboxylic acids is 1. The van der Waals surface area contributed by atoms with Crippen molar-refractivity contribution in [2.75, 3.05) is 0 Å². The van der Waals surface area contributed by atoms with Crippen LogP contribution >= 0.6 is 0 Å². The van der Waals surface area contributed by atoms with Crippen LogP contribution in [0.25, 0.3) is 0 Å². The number of hydrogen-bond acceptors (Lipinski definition) is 1. The molecule has 0 aliphatic rings. The first-order chi connectivity index (χ1) is 7.00. The lowest BCUT2D eigenvalue weighted by atomic mass is 9.90. The Morgan fingerprint density at radius 3 is 2.20 bits per heavy atom. The summed E-state index contributed by atoms with van der Waals surface area (Å²) in [5.41, 5.74) is 2.06. The Labute approximate surface area is 90.9 Å². The maximum Gasteiger partial charge on any atom is 0.310 e. The van der Waals surface area contributed by atoms with E-state index in [-0.39, 0.29) is 5.92 Å².